The number of hydrogen-bond acceptors (Lipinski definition) is 3. The highest BCUT2D eigenvalue weighted by Crippen LogP contribution is 2.11. The zero-order valence-corrected chi connectivity index (χ0v) is 22.1. The molecule has 0 aromatic carbocycles. The minimum absolute atomic E-state index is 0.258. The van der Waals surface area contributed by atoms with Gasteiger partial charge >= 0.3 is 0 Å². The quantitative estimate of drug-likeness (QED) is 0.237. The van der Waals surface area contributed by atoms with E-state index in [9.17, 15) is 4.79 Å². The SMILES string of the molecule is CC(=O)[O-].CCCCCCCCCCCCCCNC(=O)CC[NH+](CCCC)CCCC. The Balaban J connectivity index is 0. The van der Waals surface area contributed by atoms with Crippen molar-refractivity contribution in [3.05, 3.63) is 0 Å². The smallest absolute Gasteiger partial charge is 0.225 e. The molecule has 0 saturated carbocycles. The highest BCUT2D eigenvalue weighted by atomic mass is 16.4. The number of rotatable bonds is 22. The Labute approximate surface area is 200 Å². The van der Waals surface area contributed by atoms with Crippen molar-refractivity contribution in [1.29, 1.82) is 0 Å². The Morgan fingerprint density at radius 3 is 1.41 bits per heavy atom. The van der Waals surface area contributed by atoms with Crippen molar-refractivity contribution in [2.75, 3.05) is 26.2 Å². The fourth-order valence-corrected chi connectivity index (χ4v) is 3.80. The molecular formula is C27H56N2O3. The van der Waals surface area contributed by atoms with E-state index in [2.05, 4.69) is 26.1 Å². The van der Waals surface area contributed by atoms with Crippen molar-refractivity contribution >= 4 is 11.9 Å². The van der Waals surface area contributed by atoms with Crippen molar-refractivity contribution in [3.63, 3.8) is 0 Å². The van der Waals surface area contributed by atoms with Gasteiger partial charge in [-0.3, -0.25) is 4.79 Å². The van der Waals surface area contributed by atoms with Gasteiger partial charge in [0.15, 0.2) is 0 Å². The van der Waals surface area contributed by atoms with Crippen LogP contribution in [0.15, 0.2) is 0 Å². The number of carboxylic acids is 1. The van der Waals surface area contributed by atoms with Gasteiger partial charge in [0, 0.05) is 12.5 Å². The second kappa shape index (κ2) is 27.9. The normalized spacial score (nSPS) is 10.7. The predicted octanol–water partition coefficient (Wildman–Crippen LogP) is 4.44. The molecule has 0 rings (SSSR count). The topological polar surface area (TPSA) is 73.7 Å². The Morgan fingerprint density at radius 2 is 1.00 bits per heavy atom. The summed E-state index contributed by atoms with van der Waals surface area (Å²) in [4.78, 5) is 22.6. The summed E-state index contributed by atoms with van der Waals surface area (Å²) < 4.78 is 0. The molecular weight excluding hydrogens is 400 g/mol. The van der Waals surface area contributed by atoms with Gasteiger partial charge in [-0.05, 0) is 26.2 Å². The van der Waals surface area contributed by atoms with E-state index < -0.39 is 5.97 Å². The van der Waals surface area contributed by atoms with Crippen LogP contribution in [0.25, 0.3) is 0 Å². The third-order valence-corrected chi connectivity index (χ3v) is 5.83. The molecule has 0 aliphatic carbocycles. The lowest BCUT2D eigenvalue weighted by molar-refractivity contribution is -0.900. The molecule has 0 saturated heterocycles. The first-order valence-electron chi connectivity index (χ1n) is 13.8. The van der Waals surface area contributed by atoms with Crippen molar-refractivity contribution in [2.24, 2.45) is 0 Å². The molecule has 32 heavy (non-hydrogen) atoms. The van der Waals surface area contributed by atoms with E-state index >= 15 is 0 Å². The van der Waals surface area contributed by atoms with E-state index in [1.165, 1.54) is 109 Å². The van der Waals surface area contributed by atoms with Gasteiger partial charge in [0.2, 0.25) is 5.91 Å². The van der Waals surface area contributed by atoms with Gasteiger partial charge in [0.1, 0.15) is 0 Å². The van der Waals surface area contributed by atoms with E-state index in [1.54, 1.807) is 4.90 Å². The molecule has 0 fully saturated rings. The molecule has 0 spiro atoms. The van der Waals surface area contributed by atoms with Crippen LogP contribution in [0.5, 0.6) is 0 Å². The lowest BCUT2D eigenvalue weighted by atomic mass is 10.1. The molecule has 5 nitrogen and oxygen atoms in total. The molecule has 0 heterocycles. The van der Waals surface area contributed by atoms with Crippen LogP contribution in [0.2, 0.25) is 0 Å². The maximum Gasteiger partial charge on any atom is 0.225 e. The van der Waals surface area contributed by atoms with Gasteiger partial charge in [-0.2, -0.15) is 0 Å². The number of carbonyl (C=O) groups excluding carboxylic acids is 2. The summed E-state index contributed by atoms with van der Waals surface area (Å²) in [5.74, 6) is -0.825. The molecule has 1 amide bonds. The third kappa shape index (κ3) is 31.1. The van der Waals surface area contributed by atoms with Gasteiger partial charge in [-0.25, -0.2) is 0 Å². The predicted molar refractivity (Wildman–Crippen MR) is 135 cm³/mol. The van der Waals surface area contributed by atoms with Crippen LogP contribution < -0.4 is 15.3 Å². The molecule has 5 heteroatoms. The van der Waals surface area contributed by atoms with Crippen molar-refractivity contribution in [2.45, 2.75) is 137 Å². The second-order valence-corrected chi connectivity index (χ2v) is 9.19. The lowest BCUT2D eigenvalue weighted by Gasteiger charge is -2.18. The average molecular weight is 457 g/mol. The summed E-state index contributed by atoms with van der Waals surface area (Å²) in [6, 6.07) is 0. The number of nitrogens with one attached hydrogen (secondary N) is 2. The summed E-state index contributed by atoms with van der Waals surface area (Å²) in [6.45, 7) is 12.1. The molecule has 0 atom stereocenters. The summed E-state index contributed by atoms with van der Waals surface area (Å²) >= 11 is 0. The highest BCUT2D eigenvalue weighted by Gasteiger charge is 2.10. The Kier molecular flexibility index (Phi) is 28.9. The summed E-state index contributed by atoms with van der Waals surface area (Å²) in [5, 5.41) is 12.0. The molecule has 0 aromatic rings. The number of unbranched alkanes of at least 4 members (excludes halogenated alkanes) is 13. The van der Waals surface area contributed by atoms with Crippen LogP contribution in [0, 0.1) is 0 Å². The molecule has 0 bridgehead atoms. The molecule has 0 radical (unpaired) electrons. The van der Waals surface area contributed by atoms with Crippen LogP contribution in [-0.4, -0.2) is 38.1 Å². The van der Waals surface area contributed by atoms with Gasteiger partial charge in [0.05, 0.1) is 26.1 Å². The number of amides is 1. The number of carboxylic acid groups (broad SMARTS) is 1. The van der Waals surface area contributed by atoms with Gasteiger partial charge in [0.25, 0.3) is 0 Å². The molecule has 0 aliphatic heterocycles. The maximum absolute atomic E-state index is 12.1. The zero-order valence-electron chi connectivity index (χ0n) is 22.1. The van der Waals surface area contributed by atoms with E-state index in [4.69, 9.17) is 9.90 Å². The van der Waals surface area contributed by atoms with Crippen LogP contribution in [-0.2, 0) is 9.59 Å². The molecule has 0 aliphatic rings. The van der Waals surface area contributed by atoms with Crippen LogP contribution >= 0.6 is 0 Å². The highest BCUT2D eigenvalue weighted by molar-refractivity contribution is 5.75. The van der Waals surface area contributed by atoms with Crippen molar-refractivity contribution in [1.82, 2.24) is 5.32 Å². The lowest BCUT2D eigenvalue weighted by Crippen LogP contribution is -3.12. The molecule has 0 aromatic heterocycles. The summed E-state index contributed by atoms with van der Waals surface area (Å²) in [7, 11) is 0. The van der Waals surface area contributed by atoms with Crippen LogP contribution in [0.1, 0.15) is 137 Å². The van der Waals surface area contributed by atoms with E-state index in [-0.39, 0.29) is 5.91 Å². The standard InChI is InChI=1S/C25H52N2O.C2H4O2/c1-4-7-10-11-12-13-14-15-16-17-18-19-21-26-25(28)20-24-27(22-8-5-2)23-9-6-3;1-2(3)4/h4-24H2,1-3H3,(H,26,28);1H3,(H,3,4). The first-order valence-corrected chi connectivity index (χ1v) is 13.8. The number of quaternary nitrogens is 1. The fraction of sp³-hybridized carbons (Fsp3) is 0.926. The maximum atomic E-state index is 12.1. The first kappa shape index (κ1) is 33.1. The van der Waals surface area contributed by atoms with Gasteiger partial charge in [-0.15, -0.1) is 0 Å². The number of aliphatic carboxylic acids is 1. The van der Waals surface area contributed by atoms with E-state index in [1.807, 2.05) is 0 Å². The minimum Gasteiger partial charge on any atom is -0.550 e. The average Bonchev–Trinajstić information content (AvgIpc) is 2.76. The summed E-state index contributed by atoms with van der Waals surface area (Å²) in [6.07, 6.45) is 22.2. The van der Waals surface area contributed by atoms with Crippen LogP contribution in [0.3, 0.4) is 0 Å². The Hall–Kier alpha value is -1.10. The van der Waals surface area contributed by atoms with E-state index in [0.29, 0.717) is 6.42 Å². The minimum atomic E-state index is -1.08. The largest absolute Gasteiger partial charge is 0.550 e. The third-order valence-electron chi connectivity index (χ3n) is 5.83. The first-order chi connectivity index (χ1) is 15.5. The van der Waals surface area contributed by atoms with Gasteiger partial charge < -0.3 is 20.1 Å². The monoisotopic (exact) mass is 456 g/mol. The number of carbonyl (C=O) groups is 2. The van der Waals surface area contributed by atoms with E-state index in [0.717, 1.165) is 26.4 Å². The second-order valence-electron chi connectivity index (χ2n) is 9.19. The molecule has 2 N–H and O–H groups in total. The fourth-order valence-electron chi connectivity index (χ4n) is 3.80. The van der Waals surface area contributed by atoms with Gasteiger partial charge in [-0.1, -0.05) is 104 Å². The Bertz CT molecular complexity index is 390. The summed E-state index contributed by atoms with van der Waals surface area (Å²) in [5.41, 5.74) is 0. The number of hydrogen-bond donors (Lipinski definition) is 2. The van der Waals surface area contributed by atoms with Crippen molar-refractivity contribution < 1.29 is 19.6 Å². The Morgan fingerprint density at radius 1 is 0.625 bits per heavy atom. The molecule has 192 valence electrons. The molecule has 0 unspecified atom stereocenters. The van der Waals surface area contributed by atoms with Crippen molar-refractivity contribution in [3.8, 4) is 0 Å². The zero-order chi connectivity index (χ0) is 24.3. The van der Waals surface area contributed by atoms with Crippen LogP contribution in [0.4, 0.5) is 0 Å².